The average Bonchev–Trinajstić information content (AvgIpc) is 2.52. The van der Waals surface area contributed by atoms with Crippen molar-refractivity contribution in [3.8, 4) is 5.75 Å². The van der Waals surface area contributed by atoms with E-state index in [0.717, 1.165) is 4.47 Å². The third kappa shape index (κ3) is 3.34. The number of urea groups is 1. The van der Waals surface area contributed by atoms with E-state index >= 15 is 0 Å². The third-order valence-corrected chi connectivity index (χ3v) is 4.25. The number of nitrogens with zero attached hydrogens (tertiary/aromatic N) is 1. The highest BCUT2D eigenvalue weighted by Gasteiger charge is 2.36. The number of amides is 2. The number of methoxy groups -OCH3 is 1. The summed E-state index contributed by atoms with van der Waals surface area (Å²) < 4.78 is 11.4. The summed E-state index contributed by atoms with van der Waals surface area (Å²) in [5.41, 5.74) is 1.63. The molecule has 0 radical (unpaired) electrons. The van der Waals surface area contributed by atoms with Gasteiger partial charge in [0.1, 0.15) is 5.75 Å². The maximum Gasteiger partial charge on any atom is 0.338 e. The Morgan fingerprint density at radius 2 is 2.13 bits per heavy atom. The smallest absolute Gasteiger partial charge is 0.338 e. The Bertz CT molecular complexity index is 672. The van der Waals surface area contributed by atoms with Crippen LogP contribution in [0.2, 0.25) is 0 Å². The molecule has 1 N–H and O–H groups in total. The van der Waals surface area contributed by atoms with Crippen molar-refractivity contribution in [1.29, 1.82) is 0 Å². The van der Waals surface area contributed by atoms with Crippen LogP contribution in [0.3, 0.4) is 0 Å². The maximum absolute atomic E-state index is 12.4. The van der Waals surface area contributed by atoms with Gasteiger partial charge < -0.3 is 19.7 Å². The second-order valence-electron chi connectivity index (χ2n) is 5.05. The quantitative estimate of drug-likeness (QED) is 0.812. The molecule has 0 aliphatic carbocycles. The molecule has 0 spiro atoms. The van der Waals surface area contributed by atoms with E-state index in [-0.39, 0.29) is 12.6 Å². The first-order valence-corrected chi connectivity index (χ1v) is 7.95. The molecule has 0 saturated heterocycles. The summed E-state index contributed by atoms with van der Waals surface area (Å²) in [6, 6.07) is 4.51. The lowest BCUT2D eigenvalue weighted by Crippen LogP contribution is -2.46. The fourth-order valence-electron chi connectivity index (χ4n) is 2.47. The van der Waals surface area contributed by atoms with Gasteiger partial charge in [-0.1, -0.05) is 15.9 Å². The van der Waals surface area contributed by atoms with Gasteiger partial charge in [-0.25, -0.2) is 9.59 Å². The van der Waals surface area contributed by atoms with Crippen LogP contribution in [0.5, 0.6) is 5.75 Å². The summed E-state index contributed by atoms with van der Waals surface area (Å²) in [5.74, 6) is 0.126. The van der Waals surface area contributed by atoms with E-state index in [1.165, 1.54) is 4.90 Å². The first-order chi connectivity index (χ1) is 10.9. The van der Waals surface area contributed by atoms with Crippen LogP contribution in [0.15, 0.2) is 33.9 Å². The number of allylic oxidation sites excluding steroid dienone is 1. The molecule has 0 fully saturated rings. The molecule has 1 heterocycles. The number of rotatable bonds is 4. The predicted octanol–water partition coefficient (Wildman–Crippen LogP) is 2.99. The number of carbonyl (C=O) groups is 2. The van der Waals surface area contributed by atoms with Crippen LogP contribution in [-0.2, 0) is 9.53 Å². The number of carbonyl (C=O) groups excluding carboxylic acids is 2. The minimum Gasteiger partial charge on any atom is -0.496 e. The number of hydrogen-bond acceptors (Lipinski definition) is 4. The Labute approximate surface area is 143 Å². The van der Waals surface area contributed by atoms with Crippen LogP contribution < -0.4 is 10.1 Å². The van der Waals surface area contributed by atoms with Crippen LogP contribution in [0.4, 0.5) is 4.79 Å². The number of nitrogens with one attached hydrogen (secondary N) is 1. The maximum atomic E-state index is 12.4. The van der Waals surface area contributed by atoms with Crippen molar-refractivity contribution in [2.24, 2.45) is 0 Å². The van der Waals surface area contributed by atoms with Crippen molar-refractivity contribution < 1.29 is 19.1 Å². The average molecular weight is 383 g/mol. The SMILES string of the molecule is CCOC(=O)C1=C(C)N(C)C(=O)N[C@@H]1c1cc(Br)ccc1OC. The first-order valence-electron chi connectivity index (χ1n) is 7.16. The van der Waals surface area contributed by atoms with Crippen molar-refractivity contribution in [1.82, 2.24) is 10.2 Å². The molecule has 2 rings (SSSR count). The lowest BCUT2D eigenvalue weighted by Gasteiger charge is -2.33. The summed E-state index contributed by atoms with van der Waals surface area (Å²) >= 11 is 3.41. The summed E-state index contributed by atoms with van der Waals surface area (Å²) in [4.78, 5) is 26.0. The van der Waals surface area contributed by atoms with Gasteiger partial charge in [0.25, 0.3) is 0 Å². The highest BCUT2D eigenvalue weighted by atomic mass is 79.9. The molecule has 124 valence electrons. The predicted molar refractivity (Wildman–Crippen MR) is 89.1 cm³/mol. The topological polar surface area (TPSA) is 67.9 Å². The molecular formula is C16H19BrN2O4. The standard InChI is InChI=1S/C16H19BrN2O4/c1-5-23-15(20)13-9(2)19(3)16(21)18-14(13)11-8-10(17)6-7-12(11)22-4/h6-8,14H,5H2,1-4H3,(H,18,21)/t14-/m1/s1. The van der Waals surface area contributed by atoms with Gasteiger partial charge in [0.15, 0.2) is 0 Å². The molecule has 23 heavy (non-hydrogen) atoms. The highest BCUT2D eigenvalue weighted by Crippen LogP contribution is 2.36. The lowest BCUT2D eigenvalue weighted by atomic mass is 9.94. The summed E-state index contributed by atoms with van der Waals surface area (Å²) in [5, 5.41) is 2.83. The molecule has 7 heteroatoms. The number of benzene rings is 1. The zero-order chi connectivity index (χ0) is 17.1. The van der Waals surface area contributed by atoms with Gasteiger partial charge in [0.2, 0.25) is 0 Å². The van der Waals surface area contributed by atoms with Crippen LogP contribution >= 0.6 is 15.9 Å². The van der Waals surface area contributed by atoms with Crippen LogP contribution in [0.1, 0.15) is 25.5 Å². The molecule has 2 amide bonds. The van der Waals surface area contributed by atoms with Crippen LogP contribution in [0.25, 0.3) is 0 Å². The summed E-state index contributed by atoms with van der Waals surface area (Å²) in [6.45, 7) is 3.73. The molecule has 0 saturated carbocycles. The molecule has 6 nitrogen and oxygen atoms in total. The Hall–Kier alpha value is -2.02. The molecule has 1 aliphatic rings. The van der Waals surface area contributed by atoms with Gasteiger partial charge in [0, 0.05) is 22.8 Å². The largest absolute Gasteiger partial charge is 0.496 e. The molecular weight excluding hydrogens is 364 g/mol. The number of hydrogen-bond donors (Lipinski definition) is 1. The monoisotopic (exact) mass is 382 g/mol. The normalized spacial score (nSPS) is 17.9. The van der Waals surface area contributed by atoms with E-state index in [0.29, 0.717) is 22.6 Å². The molecule has 0 unspecified atom stereocenters. The third-order valence-electron chi connectivity index (χ3n) is 3.75. The second kappa shape index (κ2) is 7.04. The lowest BCUT2D eigenvalue weighted by molar-refractivity contribution is -0.139. The number of halogens is 1. The van der Waals surface area contributed by atoms with Gasteiger partial charge >= 0.3 is 12.0 Å². The van der Waals surface area contributed by atoms with E-state index in [1.807, 2.05) is 12.1 Å². The summed E-state index contributed by atoms with van der Waals surface area (Å²) in [7, 11) is 3.16. The van der Waals surface area contributed by atoms with Gasteiger partial charge in [-0.05, 0) is 32.0 Å². The fourth-order valence-corrected chi connectivity index (χ4v) is 2.85. The van der Waals surface area contributed by atoms with E-state index in [9.17, 15) is 9.59 Å². The van der Waals surface area contributed by atoms with Gasteiger partial charge in [-0.3, -0.25) is 0 Å². The van der Waals surface area contributed by atoms with Gasteiger partial charge in [-0.15, -0.1) is 0 Å². The Morgan fingerprint density at radius 3 is 2.74 bits per heavy atom. The molecule has 0 bridgehead atoms. The first kappa shape index (κ1) is 17.3. The minimum atomic E-state index is -0.634. The Morgan fingerprint density at radius 1 is 1.43 bits per heavy atom. The van der Waals surface area contributed by atoms with Crippen LogP contribution in [0, 0.1) is 0 Å². The van der Waals surface area contributed by atoms with E-state index in [1.54, 1.807) is 34.1 Å². The minimum absolute atomic E-state index is 0.260. The van der Waals surface area contributed by atoms with Crippen molar-refractivity contribution in [2.75, 3.05) is 20.8 Å². The van der Waals surface area contributed by atoms with E-state index in [4.69, 9.17) is 9.47 Å². The Balaban J connectivity index is 2.60. The fraction of sp³-hybridized carbons (Fsp3) is 0.375. The van der Waals surface area contributed by atoms with Gasteiger partial charge in [0.05, 0.1) is 25.3 Å². The van der Waals surface area contributed by atoms with Crippen molar-refractivity contribution in [2.45, 2.75) is 19.9 Å². The van der Waals surface area contributed by atoms with Crippen molar-refractivity contribution in [3.05, 3.63) is 39.5 Å². The molecule has 1 aromatic rings. The molecule has 1 atom stereocenters. The summed E-state index contributed by atoms with van der Waals surface area (Å²) in [6.07, 6.45) is 0. The van der Waals surface area contributed by atoms with Gasteiger partial charge in [-0.2, -0.15) is 0 Å². The van der Waals surface area contributed by atoms with Crippen molar-refractivity contribution in [3.63, 3.8) is 0 Å². The highest BCUT2D eigenvalue weighted by molar-refractivity contribution is 9.10. The number of esters is 1. The zero-order valence-electron chi connectivity index (χ0n) is 13.5. The molecule has 0 aromatic heterocycles. The van der Waals surface area contributed by atoms with Crippen LogP contribution in [-0.4, -0.2) is 37.7 Å². The van der Waals surface area contributed by atoms with Crippen molar-refractivity contribution >= 4 is 27.9 Å². The van der Waals surface area contributed by atoms with E-state index in [2.05, 4.69) is 21.2 Å². The molecule has 1 aromatic carbocycles. The zero-order valence-corrected chi connectivity index (χ0v) is 15.1. The second-order valence-corrected chi connectivity index (χ2v) is 5.96. The Kier molecular flexibility index (Phi) is 5.30. The number of ether oxygens (including phenoxy) is 2. The van der Waals surface area contributed by atoms with E-state index < -0.39 is 12.0 Å². The molecule has 1 aliphatic heterocycles.